The van der Waals surface area contributed by atoms with Gasteiger partial charge in [0.2, 0.25) is 5.91 Å². The summed E-state index contributed by atoms with van der Waals surface area (Å²) in [5.41, 5.74) is 12.9. The summed E-state index contributed by atoms with van der Waals surface area (Å²) in [5.74, 6) is -0.392. The van der Waals surface area contributed by atoms with Gasteiger partial charge in [0, 0.05) is 17.0 Å². The lowest BCUT2D eigenvalue weighted by atomic mass is 9.98. The quantitative estimate of drug-likeness (QED) is 0.720. The summed E-state index contributed by atoms with van der Waals surface area (Å²) < 4.78 is 0. The van der Waals surface area contributed by atoms with E-state index in [0.29, 0.717) is 5.56 Å². The van der Waals surface area contributed by atoms with Gasteiger partial charge >= 0.3 is 0 Å². The molecular formula is C15H23ClN2O. The fourth-order valence-corrected chi connectivity index (χ4v) is 2.34. The molecule has 1 aromatic carbocycles. The number of rotatable bonds is 8. The van der Waals surface area contributed by atoms with Gasteiger partial charge in [-0.05, 0) is 30.9 Å². The first kappa shape index (κ1) is 16.0. The average molecular weight is 283 g/mol. The monoisotopic (exact) mass is 282 g/mol. The molecule has 0 aliphatic rings. The van der Waals surface area contributed by atoms with Crippen molar-refractivity contribution in [2.45, 2.75) is 50.4 Å². The van der Waals surface area contributed by atoms with Gasteiger partial charge in [-0.3, -0.25) is 4.79 Å². The zero-order valence-corrected chi connectivity index (χ0v) is 12.2. The molecule has 2 unspecified atom stereocenters. The second-order valence-corrected chi connectivity index (χ2v) is 5.44. The Morgan fingerprint density at radius 1 is 1.32 bits per heavy atom. The number of hydrogen-bond donors (Lipinski definition) is 2. The lowest BCUT2D eigenvalue weighted by Gasteiger charge is -2.18. The number of primary amides is 1. The van der Waals surface area contributed by atoms with Crippen LogP contribution in [-0.2, 0) is 6.42 Å². The summed E-state index contributed by atoms with van der Waals surface area (Å²) >= 11 is 6.31. The minimum Gasteiger partial charge on any atom is -0.366 e. The number of benzene rings is 1. The van der Waals surface area contributed by atoms with Crippen LogP contribution in [0, 0.1) is 0 Å². The van der Waals surface area contributed by atoms with Crippen molar-refractivity contribution in [1.29, 1.82) is 0 Å². The van der Waals surface area contributed by atoms with E-state index in [0.717, 1.165) is 37.7 Å². The van der Waals surface area contributed by atoms with Gasteiger partial charge in [-0.2, -0.15) is 0 Å². The fraction of sp³-hybridized carbons (Fsp3) is 0.533. The first-order valence-corrected chi connectivity index (χ1v) is 7.27. The number of carbonyl (C=O) groups is 1. The summed E-state index contributed by atoms with van der Waals surface area (Å²) in [5, 5.41) is -0.0625. The Morgan fingerprint density at radius 3 is 2.63 bits per heavy atom. The van der Waals surface area contributed by atoms with Crippen LogP contribution in [0.25, 0.3) is 0 Å². The average Bonchev–Trinajstić information content (AvgIpc) is 2.42. The predicted octanol–water partition coefficient (Wildman–Crippen LogP) is 2.84. The minimum absolute atomic E-state index is 0.0161. The normalized spacial score (nSPS) is 14.1. The number of carbonyl (C=O) groups excluding carboxylic acids is 1. The van der Waals surface area contributed by atoms with E-state index < -0.39 is 5.91 Å². The highest BCUT2D eigenvalue weighted by molar-refractivity contribution is 6.21. The summed E-state index contributed by atoms with van der Waals surface area (Å²) in [6.07, 6.45) is 4.66. The fourth-order valence-electron chi connectivity index (χ4n) is 2.11. The van der Waals surface area contributed by atoms with E-state index in [-0.39, 0.29) is 11.4 Å². The molecule has 4 N–H and O–H groups in total. The highest BCUT2D eigenvalue weighted by atomic mass is 35.5. The maximum absolute atomic E-state index is 11.3. The van der Waals surface area contributed by atoms with Gasteiger partial charge in [-0.1, -0.05) is 38.0 Å². The van der Waals surface area contributed by atoms with Crippen molar-refractivity contribution in [3.05, 3.63) is 35.4 Å². The van der Waals surface area contributed by atoms with Crippen LogP contribution in [0.2, 0.25) is 0 Å². The molecule has 0 saturated carbocycles. The standard InChI is InChI=1S/C15H23ClN2O/c1-2-3-8-14(17)13(16)10-9-11-6-4-5-7-12(11)15(18)19/h4-7,13-14H,2-3,8-10,17H2,1H3,(H2,18,19). The summed E-state index contributed by atoms with van der Waals surface area (Å²) in [4.78, 5) is 11.3. The van der Waals surface area contributed by atoms with Crippen molar-refractivity contribution in [2.75, 3.05) is 0 Å². The van der Waals surface area contributed by atoms with Crippen LogP contribution < -0.4 is 11.5 Å². The van der Waals surface area contributed by atoms with E-state index in [9.17, 15) is 4.79 Å². The van der Waals surface area contributed by atoms with E-state index in [2.05, 4.69) is 6.92 Å². The predicted molar refractivity (Wildman–Crippen MR) is 80.4 cm³/mol. The first-order chi connectivity index (χ1) is 9.06. The van der Waals surface area contributed by atoms with Gasteiger partial charge < -0.3 is 11.5 Å². The molecule has 0 saturated heterocycles. The molecule has 0 aromatic heterocycles. The molecule has 0 fully saturated rings. The Labute approximate surface area is 120 Å². The lowest BCUT2D eigenvalue weighted by Crippen LogP contribution is -2.31. The van der Waals surface area contributed by atoms with E-state index in [4.69, 9.17) is 23.1 Å². The van der Waals surface area contributed by atoms with E-state index in [1.54, 1.807) is 6.07 Å². The Balaban J connectivity index is 2.54. The molecule has 4 heteroatoms. The molecule has 1 amide bonds. The molecule has 106 valence electrons. The van der Waals surface area contributed by atoms with Crippen LogP contribution in [0.5, 0.6) is 0 Å². The third-order valence-corrected chi connectivity index (χ3v) is 3.87. The Kier molecular flexibility index (Phi) is 6.89. The molecular weight excluding hydrogens is 260 g/mol. The molecule has 0 bridgehead atoms. The maximum Gasteiger partial charge on any atom is 0.248 e. The first-order valence-electron chi connectivity index (χ1n) is 6.83. The highest BCUT2D eigenvalue weighted by Crippen LogP contribution is 2.17. The van der Waals surface area contributed by atoms with Crippen molar-refractivity contribution in [1.82, 2.24) is 0 Å². The van der Waals surface area contributed by atoms with Crippen LogP contribution in [0.4, 0.5) is 0 Å². The largest absolute Gasteiger partial charge is 0.366 e. The van der Waals surface area contributed by atoms with Crippen molar-refractivity contribution < 1.29 is 4.79 Å². The van der Waals surface area contributed by atoms with Crippen LogP contribution in [0.15, 0.2) is 24.3 Å². The van der Waals surface area contributed by atoms with E-state index in [1.165, 1.54) is 0 Å². The number of alkyl halides is 1. The molecule has 0 aliphatic heterocycles. The minimum atomic E-state index is -0.392. The van der Waals surface area contributed by atoms with Crippen molar-refractivity contribution >= 4 is 17.5 Å². The molecule has 2 atom stereocenters. The molecule has 1 rings (SSSR count). The smallest absolute Gasteiger partial charge is 0.248 e. The van der Waals surface area contributed by atoms with Crippen molar-refractivity contribution in [3.8, 4) is 0 Å². The second-order valence-electron chi connectivity index (χ2n) is 4.88. The number of aryl methyl sites for hydroxylation is 1. The highest BCUT2D eigenvalue weighted by Gasteiger charge is 2.15. The lowest BCUT2D eigenvalue weighted by molar-refractivity contribution is 0.0999. The van der Waals surface area contributed by atoms with Crippen LogP contribution in [0.1, 0.15) is 48.5 Å². The number of unbranched alkanes of at least 4 members (excludes halogenated alkanes) is 1. The Bertz CT molecular complexity index is 409. The van der Waals surface area contributed by atoms with Crippen LogP contribution in [-0.4, -0.2) is 17.3 Å². The SMILES string of the molecule is CCCCC(N)C(Cl)CCc1ccccc1C(N)=O. The van der Waals surface area contributed by atoms with Gasteiger partial charge in [0.05, 0.1) is 0 Å². The number of hydrogen-bond acceptors (Lipinski definition) is 2. The van der Waals surface area contributed by atoms with Crippen LogP contribution in [0.3, 0.4) is 0 Å². The molecule has 0 heterocycles. The number of amides is 1. The van der Waals surface area contributed by atoms with Gasteiger partial charge in [-0.15, -0.1) is 11.6 Å². The van der Waals surface area contributed by atoms with Crippen molar-refractivity contribution in [3.63, 3.8) is 0 Å². The maximum atomic E-state index is 11.3. The zero-order chi connectivity index (χ0) is 14.3. The zero-order valence-electron chi connectivity index (χ0n) is 11.4. The molecule has 0 radical (unpaired) electrons. The van der Waals surface area contributed by atoms with Gasteiger partial charge in [0.15, 0.2) is 0 Å². The molecule has 19 heavy (non-hydrogen) atoms. The molecule has 0 aliphatic carbocycles. The second kappa shape index (κ2) is 8.18. The van der Waals surface area contributed by atoms with Crippen LogP contribution >= 0.6 is 11.6 Å². The van der Waals surface area contributed by atoms with E-state index >= 15 is 0 Å². The topological polar surface area (TPSA) is 69.1 Å². The van der Waals surface area contributed by atoms with Gasteiger partial charge in [0.1, 0.15) is 0 Å². The summed E-state index contributed by atoms with van der Waals surface area (Å²) in [7, 11) is 0. The van der Waals surface area contributed by atoms with E-state index in [1.807, 2.05) is 18.2 Å². The number of nitrogens with two attached hydrogens (primary N) is 2. The summed E-state index contributed by atoms with van der Waals surface area (Å²) in [6.45, 7) is 2.14. The molecule has 0 spiro atoms. The van der Waals surface area contributed by atoms with Gasteiger partial charge in [-0.25, -0.2) is 0 Å². The molecule has 1 aromatic rings. The van der Waals surface area contributed by atoms with Crippen molar-refractivity contribution in [2.24, 2.45) is 11.5 Å². The molecule has 3 nitrogen and oxygen atoms in total. The Morgan fingerprint density at radius 2 is 2.00 bits per heavy atom. The Hall–Kier alpha value is -1.06. The third kappa shape index (κ3) is 5.21. The van der Waals surface area contributed by atoms with Gasteiger partial charge in [0.25, 0.3) is 0 Å². The third-order valence-electron chi connectivity index (χ3n) is 3.33. The number of halogens is 1. The summed E-state index contributed by atoms with van der Waals surface area (Å²) in [6, 6.07) is 7.40.